The van der Waals surface area contributed by atoms with Crippen LogP contribution in [0.15, 0.2) is 61.0 Å². The molecule has 1 unspecified atom stereocenters. The topological polar surface area (TPSA) is 17.8 Å². The van der Waals surface area contributed by atoms with Gasteiger partial charge >= 0.3 is 0 Å². The zero-order valence-electron chi connectivity index (χ0n) is 17.2. The third-order valence-corrected chi connectivity index (χ3v) is 3.71. The molecule has 0 bridgehead atoms. The molecule has 0 spiro atoms. The summed E-state index contributed by atoms with van der Waals surface area (Å²) in [6.07, 6.45) is 10.3. The average Bonchev–Trinajstić information content (AvgIpc) is 3.27. The van der Waals surface area contributed by atoms with E-state index in [4.69, 9.17) is 0 Å². The molecule has 2 aromatic rings. The Bertz CT molecular complexity index is 635. The predicted octanol–water partition coefficient (Wildman–Crippen LogP) is 7.44. The minimum atomic E-state index is 0.304. The molecule has 0 saturated carbocycles. The molecule has 2 heterocycles. The van der Waals surface area contributed by atoms with Gasteiger partial charge in [0, 0.05) is 18.0 Å². The first-order valence-electron chi connectivity index (χ1n) is 9.72. The molecule has 1 aromatic carbocycles. The summed E-state index contributed by atoms with van der Waals surface area (Å²) in [6.45, 7) is 18.0. The first kappa shape index (κ1) is 22.9. The maximum absolute atomic E-state index is 4.49. The molecule has 1 aliphatic rings. The van der Waals surface area contributed by atoms with Crippen molar-refractivity contribution in [2.75, 3.05) is 0 Å². The van der Waals surface area contributed by atoms with Gasteiger partial charge in [0.1, 0.15) is 5.82 Å². The van der Waals surface area contributed by atoms with Crippen LogP contribution in [0.4, 0.5) is 0 Å². The highest BCUT2D eigenvalue weighted by Crippen LogP contribution is 2.41. The Kier molecular flexibility index (Phi) is 12.1. The van der Waals surface area contributed by atoms with Crippen molar-refractivity contribution in [3.63, 3.8) is 0 Å². The first-order chi connectivity index (χ1) is 12.3. The van der Waals surface area contributed by atoms with Crippen LogP contribution in [0, 0.1) is 0 Å². The van der Waals surface area contributed by atoms with E-state index in [9.17, 15) is 0 Å². The second-order valence-electron chi connectivity index (χ2n) is 4.96. The standard InChI is InChI=1S/C17H18N2.3C2H6/c1-3-4-5-8-13(2)16-14-9-6-7-10-15(14)17-18-11-12-19(16)17;3*1-2/h3,6-12,16H,1,4-5H2,2H3;3*1-2H3/b13-8+;;;. The van der Waals surface area contributed by atoms with Crippen molar-refractivity contribution in [2.45, 2.75) is 67.3 Å². The van der Waals surface area contributed by atoms with Gasteiger partial charge in [-0.1, -0.05) is 83.5 Å². The van der Waals surface area contributed by atoms with E-state index in [-0.39, 0.29) is 0 Å². The highest BCUT2D eigenvalue weighted by molar-refractivity contribution is 5.67. The molecule has 25 heavy (non-hydrogen) atoms. The molecule has 1 atom stereocenters. The molecule has 0 saturated heterocycles. The summed E-state index contributed by atoms with van der Waals surface area (Å²) < 4.78 is 2.27. The van der Waals surface area contributed by atoms with Gasteiger partial charge in [0.05, 0.1) is 6.04 Å². The summed E-state index contributed by atoms with van der Waals surface area (Å²) in [4.78, 5) is 4.49. The molecule has 0 aliphatic carbocycles. The fraction of sp³-hybridized carbons (Fsp3) is 0.435. The molecule has 3 rings (SSSR count). The largest absolute Gasteiger partial charge is 0.320 e. The summed E-state index contributed by atoms with van der Waals surface area (Å²) in [6, 6.07) is 8.86. The Labute approximate surface area is 155 Å². The van der Waals surface area contributed by atoms with Crippen molar-refractivity contribution < 1.29 is 0 Å². The Balaban J connectivity index is 0.000000871. The molecular weight excluding hydrogens is 304 g/mol. The predicted molar refractivity (Wildman–Crippen MR) is 113 cm³/mol. The second-order valence-corrected chi connectivity index (χ2v) is 4.96. The second kappa shape index (κ2) is 13.2. The van der Waals surface area contributed by atoms with E-state index in [1.165, 1.54) is 16.7 Å². The van der Waals surface area contributed by atoms with Gasteiger partial charge in [0.2, 0.25) is 0 Å². The van der Waals surface area contributed by atoms with E-state index >= 15 is 0 Å². The molecular formula is C23H36N2. The highest BCUT2D eigenvalue weighted by Gasteiger charge is 2.29. The third kappa shape index (κ3) is 5.45. The van der Waals surface area contributed by atoms with Crippen LogP contribution in [0.25, 0.3) is 11.4 Å². The van der Waals surface area contributed by atoms with Crippen LogP contribution in [0.3, 0.4) is 0 Å². The molecule has 1 aliphatic heterocycles. The molecule has 0 N–H and O–H groups in total. The van der Waals surface area contributed by atoms with E-state index in [0.29, 0.717) is 6.04 Å². The zero-order chi connectivity index (χ0) is 19.2. The van der Waals surface area contributed by atoms with Gasteiger partial charge in [0.15, 0.2) is 0 Å². The normalized spacial score (nSPS) is 13.7. The molecule has 0 radical (unpaired) electrons. The number of imidazole rings is 1. The molecule has 1 aromatic heterocycles. The fourth-order valence-electron chi connectivity index (χ4n) is 2.82. The number of nitrogens with zero attached hydrogens (tertiary/aromatic N) is 2. The first-order valence-corrected chi connectivity index (χ1v) is 9.72. The maximum Gasteiger partial charge on any atom is 0.141 e. The van der Waals surface area contributed by atoms with Crippen LogP contribution >= 0.6 is 0 Å². The number of unbranched alkanes of at least 4 members (excludes halogenated alkanes) is 1. The lowest BCUT2D eigenvalue weighted by Gasteiger charge is -2.15. The quantitative estimate of drug-likeness (QED) is 0.417. The lowest BCUT2D eigenvalue weighted by molar-refractivity contribution is 0.696. The summed E-state index contributed by atoms with van der Waals surface area (Å²) >= 11 is 0. The van der Waals surface area contributed by atoms with Gasteiger partial charge in [-0.2, -0.15) is 0 Å². The van der Waals surface area contributed by atoms with Crippen molar-refractivity contribution in [3.05, 3.63) is 66.5 Å². The Morgan fingerprint density at radius 3 is 2.36 bits per heavy atom. The zero-order valence-corrected chi connectivity index (χ0v) is 17.2. The SMILES string of the molecule is C=CCC/C=C(\C)C1c2ccccc2-c2nccn21.CC.CC.CC. The highest BCUT2D eigenvalue weighted by atomic mass is 15.1. The van der Waals surface area contributed by atoms with Gasteiger partial charge in [-0.25, -0.2) is 4.98 Å². The van der Waals surface area contributed by atoms with E-state index in [2.05, 4.69) is 59.6 Å². The minimum Gasteiger partial charge on any atom is -0.320 e. The van der Waals surface area contributed by atoms with Crippen molar-refractivity contribution in [1.29, 1.82) is 0 Å². The summed E-state index contributed by atoms with van der Waals surface area (Å²) in [7, 11) is 0. The number of aromatic nitrogens is 2. The number of hydrogen-bond acceptors (Lipinski definition) is 1. The lowest BCUT2D eigenvalue weighted by Crippen LogP contribution is -2.06. The monoisotopic (exact) mass is 340 g/mol. The summed E-state index contributed by atoms with van der Waals surface area (Å²) in [5, 5.41) is 0. The molecule has 0 amide bonds. The van der Waals surface area contributed by atoms with Crippen LogP contribution < -0.4 is 0 Å². The van der Waals surface area contributed by atoms with Crippen molar-refractivity contribution in [2.24, 2.45) is 0 Å². The van der Waals surface area contributed by atoms with E-state index in [1.807, 2.05) is 53.8 Å². The minimum absolute atomic E-state index is 0.304. The van der Waals surface area contributed by atoms with Gasteiger partial charge in [-0.3, -0.25) is 0 Å². The number of hydrogen-bond donors (Lipinski definition) is 0. The summed E-state index contributed by atoms with van der Waals surface area (Å²) in [5.74, 6) is 1.08. The van der Waals surface area contributed by atoms with Crippen molar-refractivity contribution in [3.8, 4) is 11.4 Å². The van der Waals surface area contributed by atoms with Gasteiger partial charge in [-0.15, -0.1) is 6.58 Å². The molecule has 2 heteroatoms. The van der Waals surface area contributed by atoms with Gasteiger partial charge in [-0.05, 0) is 25.3 Å². The number of fused-ring (bicyclic) bond motifs is 3. The number of rotatable bonds is 4. The van der Waals surface area contributed by atoms with E-state index in [1.54, 1.807) is 0 Å². The van der Waals surface area contributed by atoms with Crippen LogP contribution in [0.5, 0.6) is 0 Å². The van der Waals surface area contributed by atoms with Gasteiger partial charge < -0.3 is 4.57 Å². The van der Waals surface area contributed by atoms with Crippen LogP contribution in [0.2, 0.25) is 0 Å². The fourth-order valence-corrected chi connectivity index (χ4v) is 2.82. The van der Waals surface area contributed by atoms with E-state index in [0.717, 1.165) is 18.7 Å². The Morgan fingerprint density at radius 1 is 1.08 bits per heavy atom. The Morgan fingerprint density at radius 2 is 1.72 bits per heavy atom. The molecule has 0 fully saturated rings. The maximum atomic E-state index is 4.49. The Hall–Kier alpha value is -2.09. The van der Waals surface area contributed by atoms with Crippen LogP contribution in [0.1, 0.15) is 72.9 Å². The van der Waals surface area contributed by atoms with E-state index < -0.39 is 0 Å². The number of benzene rings is 1. The third-order valence-electron chi connectivity index (χ3n) is 3.71. The lowest BCUT2D eigenvalue weighted by atomic mass is 9.97. The van der Waals surface area contributed by atoms with Crippen molar-refractivity contribution in [1.82, 2.24) is 9.55 Å². The van der Waals surface area contributed by atoms with Crippen LogP contribution in [-0.2, 0) is 0 Å². The van der Waals surface area contributed by atoms with Crippen LogP contribution in [-0.4, -0.2) is 9.55 Å². The summed E-state index contributed by atoms with van der Waals surface area (Å²) in [5.41, 5.74) is 4.00. The molecule has 2 nitrogen and oxygen atoms in total. The molecule has 138 valence electrons. The smallest absolute Gasteiger partial charge is 0.141 e. The van der Waals surface area contributed by atoms with Gasteiger partial charge in [0.25, 0.3) is 0 Å². The number of allylic oxidation sites excluding steroid dienone is 3. The van der Waals surface area contributed by atoms with Crippen molar-refractivity contribution >= 4 is 0 Å². The average molecular weight is 341 g/mol.